The van der Waals surface area contributed by atoms with E-state index in [1.807, 2.05) is 12.3 Å². The molecule has 2 N–H and O–H groups in total. The predicted molar refractivity (Wildman–Crippen MR) is 125 cm³/mol. The molecule has 0 unspecified atom stereocenters. The van der Waals surface area contributed by atoms with Crippen LogP contribution in [0.4, 0.5) is 11.8 Å². The van der Waals surface area contributed by atoms with Gasteiger partial charge in [0.15, 0.2) is 0 Å². The molecule has 0 radical (unpaired) electrons. The highest BCUT2D eigenvalue weighted by atomic mass is 15.2. The van der Waals surface area contributed by atoms with Crippen LogP contribution in [0.15, 0.2) is 42.6 Å². The maximum atomic E-state index is 5.00. The molecule has 0 atom stereocenters. The second-order valence-electron chi connectivity index (χ2n) is 9.09. The molecule has 1 aromatic carbocycles. The first kappa shape index (κ1) is 18.8. The van der Waals surface area contributed by atoms with Gasteiger partial charge in [-0.05, 0) is 49.3 Å². The Labute approximate surface area is 182 Å². The van der Waals surface area contributed by atoms with Crippen molar-refractivity contribution in [1.29, 1.82) is 0 Å². The minimum Gasteiger partial charge on any atom is -0.322 e. The van der Waals surface area contributed by atoms with Crippen molar-refractivity contribution in [3.63, 3.8) is 0 Å². The summed E-state index contributed by atoms with van der Waals surface area (Å²) >= 11 is 0. The lowest BCUT2D eigenvalue weighted by Gasteiger charge is -2.28. The van der Waals surface area contributed by atoms with Gasteiger partial charge in [0, 0.05) is 48.2 Å². The third-order valence-corrected chi connectivity index (χ3v) is 6.96. The fourth-order valence-electron chi connectivity index (χ4n) is 5.22. The zero-order valence-corrected chi connectivity index (χ0v) is 17.9. The van der Waals surface area contributed by atoms with Gasteiger partial charge in [0.2, 0.25) is 5.95 Å². The topological polar surface area (TPSA) is 67.7 Å². The lowest BCUT2D eigenvalue weighted by atomic mass is 9.87. The molecule has 0 saturated heterocycles. The predicted octanol–water partition coefficient (Wildman–Crippen LogP) is 5.12. The van der Waals surface area contributed by atoms with E-state index in [0.29, 0.717) is 12.0 Å². The molecule has 1 aliphatic heterocycles. The largest absolute Gasteiger partial charge is 0.322 e. The van der Waals surface area contributed by atoms with E-state index in [9.17, 15) is 0 Å². The molecule has 2 aliphatic rings. The first-order valence-electron chi connectivity index (χ1n) is 11.5. The van der Waals surface area contributed by atoms with Crippen LogP contribution in [0.3, 0.4) is 0 Å². The van der Waals surface area contributed by atoms with Gasteiger partial charge in [0.25, 0.3) is 0 Å². The summed E-state index contributed by atoms with van der Waals surface area (Å²) in [5, 5.41) is 9.12. The molecule has 4 heterocycles. The van der Waals surface area contributed by atoms with Gasteiger partial charge in [-0.1, -0.05) is 31.2 Å². The van der Waals surface area contributed by atoms with Crippen molar-refractivity contribution < 1.29 is 0 Å². The van der Waals surface area contributed by atoms with Crippen molar-refractivity contribution in [3.8, 4) is 0 Å². The average molecular weight is 413 g/mol. The number of rotatable bonds is 3. The first-order valence-corrected chi connectivity index (χ1v) is 11.5. The molecule has 1 fully saturated rings. The van der Waals surface area contributed by atoms with E-state index < -0.39 is 0 Å². The lowest BCUT2D eigenvalue weighted by Crippen LogP contribution is -2.24. The second kappa shape index (κ2) is 7.61. The fourth-order valence-corrected chi connectivity index (χ4v) is 5.22. The number of hydrogen-bond donors (Lipinski definition) is 2. The second-order valence-corrected chi connectivity index (χ2v) is 9.09. The van der Waals surface area contributed by atoms with Gasteiger partial charge in [0.1, 0.15) is 11.5 Å². The monoisotopic (exact) mass is 412 g/mol. The van der Waals surface area contributed by atoms with Crippen LogP contribution in [0.1, 0.15) is 49.9 Å². The van der Waals surface area contributed by atoms with Crippen LogP contribution in [0, 0.1) is 5.92 Å². The summed E-state index contributed by atoms with van der Waals surface area (Å²) in [6.45, 7) is 4.24. The van der Waals surface area contributed by atoms with E-state index in [4.69, 9.17) is 9.97 Å². The van der Waals surface area contributed by atoms with Crippen LogP contribution in [0.5, 0.6) is 0 Å². The highest BCUT2D eigenvalue weighted by Gasteiger charge is 2.24. The van der Waals surface area contributed by atoms with Crippen molar-refractivity contribution >= 4 is 33.7 Å². The summed E-state index contributed by atoms with van der Waals surface area (Å²) in [5.41, 5.74) is 4.73. The van der Waals surface area contributed by atoms with E-state index in [1.165, 1.54) is 42.1 Å². The number of benzene rings is 1. The van der Waals surface area contributed by atoms with Gasteiger partial charge < -0.3 is 15.2 Å². The summed E-state index contributed by atoms with van der Waals surface area (Å²) in [6, 6.07) is 13.3. The average Bonchev–Trinajstić information content (AvgIpc) is 3.13. The molecule has 6 rings (SSSR count). The zero-order valence-electron chi connectivity index (χ0n) is 17.9. The van der Waals surface area contributed by atoms with Crippen LogP contribution in [0.2, 0.25) is 0 Å². The van der Waals surface area contributed by atoms with E-state index in [-0.39, 0.29) is 0 Å². The summed E-state index contributed by atoms with van der Waals surface area (Å²) < 4.78 is 2.47. The van der Waals surface area contributed by atoms with Crippen LogP contribution in [-0.4, -0.2) is 26.1 Å². The minimum atomic E-state index is 0.496. The van der Waals surface area contributed by atoms with Crippen LogP contribution in [0.25, 0.3) is 21.9 Å². The van der Waals surface area contributed by atoms with Crippen molar-refractivity contribution in [2.75, 3.05) is 11.9 Å². The van der Waals surface area contributed by atoms with Gasteiger partial charge in [-0.15, -0.1) is 0 Å². The van der Waals surface area contributed by atoms with E-state index in [0.717, 1.165) is 48.0 Å². The summed E-state index contributed by atoms with van der Waals surface area (Å²) in [4.78, 5) is 14.5. The molecule has 31 heavy (non-hydrogen) atoms. The van der Waals surface area contributed by atoms with Crippen molar-refractivity contribution in [2.24, 2.45) is 5.92 Å². The van der Waals surface area contributed by atoms with E-state index >= 15 is 0 Å². The Hall–Kier alpha value is -2.99. The molecule has 4 aromatic rings. The van der Waals surface area contributed by atoms with Gasteiger partial charge in [0.05, 0.1) is 5.52 Å². The first-order chi connectivity index (χ1) is 15.3. The van der Waals surface area contributed by atoms with Gasteiger partial charge >= 0.3 is 0 Å². The number of hydrogen-bond acceptors (Lipinski definition) is 5. The zero-order chi connectivity index (χ0) is 20.8. The van der Waals surface area contributed by atoms with Crippen LogP contribution >= 0.6 is 0 Å². The minimum absolute atomic E-state index is 0.496. The number of para-hydroxylation sites is 1. The fraction of sp³-hybridized carbons (Fsp3) is 0.400. The third-order valence-electron chi connectivity index (χ3n) is 6.96. The van der Waals surface area contributed by atoms with E-state index in [1.54, 1.807) is 0 Å². The van der Waals surface area contributed by atoms with E-state index in [2.05, 4.69) is 57.4 Å². The number of nitrogens with zero attached hydrogens (tertiary/aromatic N) is 4. The highest BCUT2D eigenvalue weighted by Crippen LogP contribution is 2.38. The van der Waals surface area contributed by atoms with Crippen molar-refractivity contribution in [1.82, 2.24) is 24.8 Å². The molecular weight excluding hydrogens is 384 g/mol. The molecule has 158 valence electrons. The maximum absolute atomic E-state index is 5.00. The standard InChI is InChI=1S/C25H28N6/c1-16-6-9-18(10-7-16)31-22-5-3-2-4-19(22)20-15-27-25(30-24(20)31)29-23-11-8-17-14-26-13-12-21(17)28-23/h2-5,8,11,15-16,18,26H,6-7,9-10,12-14H2,1H3,(H,27,28,29,30). The van der Waals surface area contributed by atoms with Gasteiger partial charge in [-0.3, -0.25) is 0 Å². The Morgan fingerprint density at radius 3 is 2.77 bits per heavy atom. The Bertz CT molecular complexity index is 1250. The summed E-state index contributed by atoms with van der Waals surface area (Å²) in [6.07, 6.45) is 7.91. The molecule has 0 spiro atoms. The molecule has 1 aliphatic carbocycles. The van der Waals surface area contributed by atoms with Crippen molar-refractivity contribution in [3.05, 3.63) is 53.9 Å². The normalized spacial score (nSPS) is 21.3. The molecule has 6 heteroatoms. The maximum Gasteiger partial charge on any atom is 0.230 e. The summed E-state index contributed by atoms with van der Waals surface area (Å²) in [7, 11) is 0. The number of fused-ring (bicyclic) bond motifs is 4. The molecule has 3 aromatic heterocycles. The molecule has 0 bridgehead atoms. The Morgan fingerprint density at radius 1 is 1.00 bits per heavy atom. The molecular formula is C25H28N6. The lowest BCUT2D eigenvalue weighted by molar-refractivity contribution is 0.298. The molecule has 1 saturated carbocycles. The molecule has 6 nitrogen and oxygen atoms in total. The number of aromatic nitrogens is 4. The number of nitrogens with one attached hydrogen (secondary N) is 2. The van der Waals surface area contributed by atoms with Crippen molar-refractivity contribution in [2.45, 2.75) is 51.6 Å². The number of anilines is 2. The Balaban J connectivity index is 1.41. The third kappa shape index (κ3) is 3.35. The summed E-state index contributed by atoms with van der Waals surface area (Å²) in [5.74, 6) is 2.25. The smallest absolute Gasteiger partial charge is 0.230 e. The Morgan fingerprint density at radius 2 is 1.87 bits per heavy atom. The highest BCUT2D eigenvalue weighted by molar-refractivity contribution is 6.06. The van der Waals surface area contributed by atoms with Crippen LogP contribution in [-0.2, 0) is 13.0 Å². The van der Waals surface area contributed by atoms with Gasteiger partial charge in [-0.2, -0.15) is 4.98 Å². The Kier molecular flexibility index (Phi) is 4.60. The molecule has 0 amide bonds. The van der Waals surface area contributed by atoms with Crippen LogP contribution < -0.4 is 10.6 Å². The van der Waals surface area contributed by atoms with Gasteiger partial charge in [-0.25, -0.2) is 9.97 Å². The number of pyridine rings is 1. The SMILES string of the molecule is CC1CCC(n2c3ccccc3c3cnc(Nc4ccc5c(n4)CCNC5)nc32)CC1. The quantitative estimate of drug-likeness (QED) is 0.489.